The Morgan fingerprint density at radius 2 is 2.23 bits per heavy atom. The van der Waals surface area contributed by atoms with Crippen LogP contribution in [0.1, 0.15) is 29.6 Å². The molecule has 1 fully saturated rings. The van der Waals surface area contributed by atoms with E-state index in [-0.39, 0.29) is 5.91 Å². The summed E-state index contributed by atoms with van der Waals surface area (Å²) in [5.41, 5.74) is 1.65. The van der Waals surface area contributed by atoms with Gasteiger partial charge in [-0.15, -0.1) is 0 Å². The smallest absolute Gasteiger partial charge is 0.251 e. The van der Waals surface area contributed by atoms with Gasteiger partial charge in [0.05, 0.1) is 5.69 Å². The maximum Gasteiger partial charge on any atom is 0.251 e. The second-order valence-corrected chi connectivity index (χ2v) is 5.75. The van der Waals surface area contributed by atoms with E-state index < -0.39 is 0 Å². The third kappa shape index (κ3) is 3.74. The first-order valence-electron chi connectivity index (χ1n) is 7.92. The average molecular weight is 298 g/mol. The summed E-state index contributed by atoms with van der Waals surface area (Å²) in [6.07, 6.45) is 7.17. The molecule has 1 aromatic heterocycles. The van der Waals surface area contributed by atoms with Crippen molar-refractivity contribution in [2.75, 3.05) is 19.6 Å². The van der Waals surface area contributed by atoms with E-state index >= 15 is 0 Å². The highest BCUT2D eigenvalue weighted by Gasteiger charge is 2.13. The van der Waals surface area contributed by atoms with E-state index in [1.54, 1.807) is 10.9 Å². The van der Waals surface area contributed by atoms with E-state index in [1.807, 2.05) is 36.5 Å². The van der Waals surface area contributed by atoms with Crippen LogP contribution in [0, 0.1) is 5.92 Å². The van der Waals surface area contributed by atoms with Crippen LogP contribution in [0.3, 0.4) is 0 Å². The number of carbonyl (C=O) groups is 1. The van der Waals surface area contributed by atoms with Crippen LogP contribution >= 0.6 is 0 Å². The number of piperidine rings is 1. The molecule has 0 aliphatic carbocycles. The zero-order valence-corrected chi connectivity index (χ0v) is 12.7. The summed E-state index contributed by atoms with van der Waals surface area (Å²) >= 11 is 0. The summed E-state index contributed by atoms with van der Waals surface area (Å²) in [6, 6.07) is 9.38. The number of benzene rings is 1. The van der Waals surface area contributed by atoms with Gasteiger partial charge in [0, 0.05) is 24.5 Å². The largest absolute Gasteiger partial charge is 0.352 e. The Bertz CT molecular complexity index is 586. The molecule has 2 N–H and O–H groups in total. The van der Waals surface area contributed by atoms with Crippen LogP contribution in [0.15, 0.2) is 42.7 Å². The van der Waals surface area contributed by atoms with Crippen molar-refractivity contribution in [1.29, 1.82) is 0 Å². The molecule has 3 rings (SSSR count). The highest BCUT2D eigenvalue weighted by molar-refractivity contribution is 5.94. The van der Waals surface area contributed by atoms with Gasteiger partial charge in [0.25, 0.3) is 5.91 Å². The van der Waals surface area contributed by atoms with Gasteiger partial charge in [-0.2, -0.15) is 5.10 Å². The van der Waals surface area contributed by atoms with Gasteiger partial charge in [-0.05, 0) is 68.6 Å². The van der Waals surface area contributed by atoms with Crippen LogP contribution in [0.2, 0.25) is 0 Å². The highest BCUT2D eigenvalue weighted by atomic mass is 16.1. The average Bonchev–Trinajstić information content (AvgIpc) is 3.10. The summed E-state index contributed by atoms with van der Waals surface area (Å²) < 4.78 is 1.78. The molecule has 2 aromatic rings. The zero-order valence-electron chi connectivity index (χ0n) is 12.7. The summed E-state index contributed by atoms with van der Waals surface area (Å²) in [5, 5.41) is 10.6. The van der Waals surface area contributed by atoms with Crippen molar-refractivity contribution in [3.8, 4) is 5.69 Å². The second kappa shape index (κ2) is 7.22. The summed E-state index contributed by atoms with van der Waals surface area (Å²) in [6.45, 7) is 2.95. The van der Waals surface area contributed by atoms with Gasteiger partial charge < -0.3 is 10.6 Å². The molecule has 0 spiro atoms. The molecule has 5 nitrogen and oxygen atoms in total. The fourth-order valence-corrected chi connectivity index (χ4v) is 2.85. The Kier molecular flexibility index (Phi) is 4.85. The number of carbonyl (C=O) groups excluding carboxylic acids is 1. The van der Waals surface area contributed by atoms with E-state index in [0.29, 0.717) is 11.5 Å². The standard InChI is InChI=1S/C17H22N4O/c22-17(19-11-8-14-3-1-9-18-13-14)15-4-6-16(7-5-15)21-12-2-10-20-21/h2,4-7,10,12,14,18H,1,3,8-9,11,13H2,(H,19,22). The van der Waals surface area contributed by atoms with Crippen LogP contribution < -0.4 is 10.6 Å². The summed E-state index contributed by atoms with van der Waals surface area (Å²) in [4.78, 5) is 12.1. The van der Waals surface area contributed by atoms with Gasteiger partial charge in [-0.25, -0.2) is 4.68 Å². The summed E-state index contributed by atoms with van der Waals surface area (Å²) in [5.74, 6) is 0.687. The fourth-order valence-electron chi connectivity index (χ4n) is 2.85. The Labute approximate surface area is 130 Å². The minimum atomic E-state index is -0.00390. The Morgan fingerprint density at radius 1 is 1.36 bits per heavy atom. The van der Waals surface area contributed by atoms with Gasteiger partial charge in [0.1, 0.15) is 0 Å². The van der Waals surface area contributed by atoms with Crippen LogP contribution in [0.5, 0.6) is 0 Å². The van der Waals surface area contributed by atoms with Crippen molar-refractivity contribution < 1.29 is 4.79 Å². The first-order chi connectivity index (χ1) is 10.8. The molecule has 22 heavy (non-hydrogen) atoms. The van der Waals surface area contributed by atoms with E-state index in [2.05, 4.69) is 15.7 Å². The highest BCUT2D eigenvalue weighted by Crippen LogP contribution is 2.13. The van der Waals surface area contributed by atoms with Gasteiger partial charge in [0.2, 0.25) is 0 Å². The van der Waals surface area contributed by atoms with Crippen molar-refractivity contribution in [2.24, 2.45) is 5.92 Å². The van der Waals surface area contributed by atoms with Gasteiger partial charge in [-0.3, -0.25) is 4.79 Å². The fraction of sp³-hybridized carbons (Fsp3) is 0.412. The van der Waals surface area contributed by atoms with Crippen LogP contribution in [0.4, 0.5) is 0 Å². The van der Waals surface area contributed by atoms with Gasteiger partial charge in [0.15, 0.2) is 0 Å². The van der Waals surface area contributed by atoms with Crippen LogP contribution in [-0.4, -0.2) is 35.3 Å². The summed E-state index contributed by atoms with van der Waals surface area (Å²) in [7, 11) is 0. The van der Waals surface area contributed by atoms with Gasteiger partial charge in [-0.1, -0.05) is 0 Å². The van der Waals surface area contributed by atoms with Crippen molar-refractivity contribution in [3.63, 3.8) is 0 Å². The molecule has 0 radical (unpaired) electrons. The Morgan fingerprint density at radius 3 is 2.91 bits per heavy atom. The predicted octanol–water partition coefficient (Wildman–Crippen LogP) is 1.99. The maximum absolute atomic E-state index is 12.1. The lowest BCUT2D eigenvalue weighted by molar-refractivity contribution is 0.0950. The van der Waals surface area contributed by atoms with E-state index in [1.165, 1.54) is 12.8 Å². The quantitative estimate of drug-likeness (QED) is 0.887. The lowest BCUT2D eigenvalue weighted by Gasteiger charge is -2.22. The topological polar surface area (TPSA) is 59.0 Å². The molecule has 1 aliphatic heterocycles. The first-order valence-corrected chi connectivity index (χ1v) is 7.92. The Hall–Kier alpha value is -2.14. The minimum Gasteiger partial charge on any atom is -0.352 e. The molecule has 1 aliphatic rings. The van der Waals surface area contributed by atoms with E-state index in [4.69, 9.17) is 0 Å². The third-order valence-corrected chi connectivity index (χ3v) is 4.14. The number of hydrogen-bond acceptors (Lipinski definition) is 3. The zero-order chi connectivity index (χ0) is 15.2. The number of aromatic nitrogens is 2. The molecule has 0 saturated carbocycles. The predicted molar refractivity (Wildman–Crippen MR) is 86.1 cm³/mol. The van der Waals surface area contributed by atoms with E-state index in [9.17, 15) is 4.79 Å². The Balaban J connectivity index is 1.49. The molecule has 1 unspecified atom stereocenters. The van der Waals surface area contributed by atoms with Crippen molar-refractivity contribution >= 4 is 5.91 Å². The molecule has 1 atom stereocenters. The minimum absolute atomic E-state index is 0.00390. The molecule has 2 heterocycles. The molecular weight excluding hydrogens is 276 g/mol. The lowest BCUT2D eigenvalue weighted by atomic mass is 9.96. The molecule has 1 amide bonds. The molecule has 1 saturated heterocycles. The molecule has 0 bridgehead atoms. The van der Waals surface area contributed by atoms with Crippen LogP contribution in [-0.2, 0) is 0 Å². The number of amides is 1. The molecular formula is C17H22N4O. The third-order valence-electron chi connectivity index (χ3n) is 4.14. The number of rotatable bonds is 5. The first kappa shape index (κ1) is 14.8. The number of hydrogen-bond donors (Lipinski definition) is 2. The van der Waals surface area contributed by atoms with Crippen molar-refractivity contribution in [2.45, 2.75) is 19.3 Å². The molecule has 1 aromatic carbocycles. The molecule has 116 valence electrons. The SMILES string of the molecule is O=C(NCCC1CCCNC1)c1ccc(-n2cccn2)cc1. The normalized spacial score (nSPS) is 18.1. The second-order valence-electron chi connectivity index (χ2n) is 5.75. The van der Waals surface area contributed by atoms with Crippen molar-refractivity contribution in [3.05, 3.63) is 48.3 Å². The number of nitrogens with one attached hydrogen (secondary N) is 2. The van der Waals surface area contributed by atoms with Gasteiger partial charge >= 0.3 is 0 Å². The van der Waals surface area contributed by atoms with Crippen LogP contribution in [0.25, 0.3) is 5.69 Å². The molecule has 5 heteroatoms. The van der Waals surface area contributed by atoms with E-state index in [0.717, 1.165) is 31.7 Å². The van der Waals surface area contributed by atoms with Crippen molar-refractivity contribution in [1.82, 2.24) is 20.4 Å². The monoisotopic (exact) mass is 298 g/mol. The number of nitrogens with zero attached hydrogens (tertiary/aromatic N) is 2. The maximum atomic E-state index is 12.1. The lowest BCUT2D eigenvalue weighted by Crippen LogP contribution is -2.33.